The van der Waals surface area contributed by atoms with Gasteiger partial charge in [-0.3, -0.25) is 0 Å². The standard InChI is InChI=1S/C7H13N5S/c1-3-8-5-6(1)2-4-9-7-10-11-12-13-7/h6,8H,1-5H2,(H,9,10,12). The Morgan fingerprint density at radius 2 is 2.62 bits per heavy atom. The van der Waals surface area contributed by atoms with Gasteiger partial charge in [0, 0.05) is 18.1 Å². The Kier molecular flexibility index (Phi) is 3.04. The highest BCUT2D eigenvalue weighted by molar-refractivity contribution is 7.09. The zero-order chi connectivity index (χ0) is 8.93. The molecule has 0 bridgehead atoms. The van der Waals surface area contributed by atoms with Crippen LogP contribution in [0.2, 0.25) is 0 Å². The van der Waals surface area contributed by atoms with E-state index >= 15 is 0 Å². The number of hydrogen-bond acceptors (Lipinski definition) is 6. The summed E-state index contributed by atoms with van der Waals surface area (Å²) in [7, 11) is 0. The zero-order valence-corrected chi connectivity index (χ0v) is 8.18. The van der Waals surface area contributed by atoms with Crippen LogP contribution in [0.1, 0.15) is 12.8 Å². The Balaban J connectivity index is 1.63. The second-order valence-electron chi connectivity index (χ2n) is 3.24. The molecule has 0 aliphatic carbocycles. The summed E-state index contributed by atoms with van der Waals surface area (Å²) in [5.41, 5.74) is 0. The first-order valence-electron chi connectivity index (χ1n) is 4.55. The minimum atomic E-state index is 0.825. The van der Waals surface area contributed by atoms with Crippen LogP contribution in [-0.4, -0.2) is 34.4 Å². The maximum Gasteiger partial charge on any atom is 0.225 e. The Labute approximate surface area is 81.1 Å². The fourth-order valence-corrected chi connectivity index (χ4v) is 1.94. The molecule has 1 fully saturated rings. The van der Waals surface area contributed by atoms with E-state index in [0.717, 1.165) is 24.1 Å². The van der Waals surface area contributed by atoms with E-state index in [0.29, 0.717) is 0 Å². The Bertz CT molecular complexity index is 231. The van der Waals surface area contributed by atoms with Crippen molar-refractivity contribution in [1.82, 2.24) is 20.1 Å². The number of nitrogens with one attached hydrogen (secondary N) is 2. The van der Waals surface area contributed by atoms with E-state index in [1.54, 1.807) is 0 Å². The predicted molar refractivity (Wildman–Crippen MR) is 51.8 cm³/mol. The second kappa shape index (κ2) is 4.48. The van der Waals surface area contributed by atoms with Crippen LogP contribution in [0.3, 0.4) is 0 Å². The van der Waals surface area contributed by atoms with Gasteiger partial charge in [-0.25, -0.2) is 0 Å². The molecule has 1 saturated heterocycles. The SMILES string of the molecule is C1CC(CCNc2nnns2)CN1. The van der Waals surface area contributed by atoms with Gasteiger partial charge in [-0.15, -0.1) is 0 Å². The second-order valence-corrected chi connectivity index (χ2v) is 3.97. The molecule has 0 aromatic carbocycles. The average molecular weight is 199 g/mol. The third kappa shape index (κ3) is 2.60. The van der Waals surface area contributed by atoms with Gasteiger partial charge in [0.1, 0.15) is 0 Å². The van der Waals surface area contributed by atoms with Crippen molar-refractivity contribution in [2.24, 2.45) is 5.92 Å². The van der Waals surface area contributed by atoms with Gasteiger partial charge in [-0.2, -0.15) is 0 Å². The van der Waals surface area contributed by atoms with Gasteiger partial charge in [0.15, 0.2) is 0 Å². The van der Waals surface area contributed by atoms with Crippen molar-refractivity contribution < 1.29 is 0 Å². The monoisotopic (exact) mass is 199 g/mol. The van der Waals surface area contributed by atoms with Crippen LogP contribution < -0.4 is 10.6 Å². The Morgan fingerprint density at radius 1 is 1.62 bits per heavy atom. The maximum absolute atomic E-state index is 3.81. The van der Waals surface area contributed by atoms with E-state index in [1.165, 1.54) is 30.9 Å². The number of hydrogen-bond donors (Lipinski definition) is 2. The summed E-state index contributed by atoms with van der Waals surface area (Å²) in [5, 5.41) is 14.7. The van der Waals surface area contributed by atoms with Crippen LogP contribution in [-0.2, 0) is 0 Å². The molecule has 0 amide bonds. The molecule has 0 radical (unpaired) electrons. The van der Waals surface area contributed by atoms with Crippen LogP contribution in [0, 0.1) is 5.92 Å². The molecular weight excluding hydrogens is 186 g/mol. The number of rotatable bonds is 4. The lowest BCUT2D eigenvalue weighted by atomic mass is 10.1. The zero-order valence-electron chi connectivity index (χ0n) is 7.36. The summed E-state index contributed by atoms with van der Waals surface area (Å²) < 4.78 is 3.68. The van der Waals surface area contributed by atoms with Gasteiger partial charge in [0.25, 0.3) is 0 Å². The molecule has 0 saturated carbocycles. The van der Waals surface area contributed by atoms with Gasteiger partial charge in [-0.1, -0.05) is 9.59 Å². The number of nitrogens with zero attached hydrogens (tertiary/aromatic N) is 3. The van der Waals surface area contributed by atoms with Crippen LogP contribution >= 0.6 is 11.5 Å². The first-order chi connectivity index (χ1) is 6.45. The topological polar surface area (TPSA) is 62.7 Å². The molecular formula is C7H13N5S. The van der Waals surface area contributed by atoms with E-state index in [2.05, 4.69) is 25.4 Å². The molecule has 72 valence electrons. The van der Waals surface area contributed by atoms with Gasteiger partial charge >= 0.3 is 0 Å². The molecule has 1 unspecified atom stereocenters. The average Bonchev–Trinajstić information content (AvgIpc) is 2.75. The Hall–Kier alpha value is -0.750. The fraction of sp³-hybridized carbons (Fsp3) is 0.857. The van der Waals surface area contributed by atoms with Gasteiger partial charge in [0.2, 0.25) is 5.13 Å². The first kappa shape index (κ1) is 8.83. The fourth-order valence-electron chi connectivity index (χ4n) is 1.55. The van der Waals surface area contributed by atoms with Crippen molar-refractivity contribution in [1.29, 1.82) is 0 Å². The number of aromatic nitrogens is 3. The lowest BCUT2D eigenvalue weighted by molar-refractivity contribution is 0.549. The molecule has 1 atom stereocenters. The van der Waals surface area contributed by atoms with E-state index in [1.807, 2.05) is 0 Å². The lowest BCUT2D eigenvalue weighted by Gasteiger charge is -2.07. The van der Waals surface area contributed by atoms with Crippen LogP contribution in [0.25, 0.3) is 0 Å². The van der Waals surface area contributed by atoms with Crippen molar-refractivity contribution in [2.75, 3.05) is 25.0 Å². The van der Waals surface area contributed by atoms with Gasteiger partial charge < -0.3 is 10.6 Å². The van der Waals surface area contributed by atoms with E-state index in [9.17, 15) is 0 Å². The Morgan fingerprint density at radius 3 is 3.31 bits per heavy atom. The maximum atomic E-state index is 3.81. The summed E-state index contributed by atoms with van der Waals surface area (Å²) in [5.74, 6) is 0.827. The molecule has 2 N–H and O–H groups in total. The van der Waals surface area contributed by atoms with Crippen LogP contribution in [0.15, 0.2) is 0 Å². The molecule has 2 rings (SSSR count). The molecule has 0 spiro atoms. The third-order valence-electron chi connectivity index (χ3n) is 2.29. The van der Waals surface area contributed by atoms with Crippen LogP contribution in [0.4, 0.5) is 5.13 Å². The smallest absolute Gasteiger partial charge is 0.225 e. The van der Waals surface area contributed by atoms with Crippen LogP contribution in [0.5, 0.6) is 0 Å². The minimum absolute atomic E-state index is 0.825. The predicted octanol–water partition coefficient (Wildman–Crippen LogP) is 0.345. The molecule has 2 heterocycles. The third-order valence-corrected chi connectivity index (χ3v) is 2.84. The summed E-state index contributed by atoms with van der Waals surface area (Å²) in [4.78, 5) is 0. The van der Waals surface area contributed by atoms with Crippen molar-refractivity contribution in [3.8, 4) is 0 Å². The summed E-state index contributed by atoms with van der Waals surface area (Å²) in [6.45, 7) is 3.31. The summed E-state index contributed by atoms with van der Waals surface area (Å²) in [6.07, 6.45) is 2.50. The molecule has 5 nitrogen and oxygen atoms in total. The van der Waals surface area contributed by atoms with E-state index < -0.39 is 0 Å². The molecule has 1 aliphatic heterocycles. The van der Waals surface area contributed by atoms with Gasteiger partial charge in [0.05, 0.1) is 0 Å². The summed E-state index contributed by atoms with van der Waals surface area (Å²) in [6, 6.07) is 0. The first-order valence-corrected chi connectivity index (χ1v) is 5.32. The quantitative estimate of drug-likeness (QED) is 0.732. The molecule has 1 aromatic rings. The van der Waals surface area contributed by atoms with E-state index in [4.69, 9.17) is 0 Å². The highest BCUT2D eigenvalue weighted by Gasteiger charge is 2.13. The lowest BCUT2D eigenvalue weighted by Crippen LogP contribution is -2.12. The molecule has 6 heteroatoms. The number of anilines is 1. The van der Waals surface area contributed by atoms with Crippen molar-refractivity contribution in [3.63, 3.8) is 0 Å². The largest absolute Gasteiger partial charge is 0.359 e. The minimum Gasteiger partial charge on any atom is -0.359 e. The highest BCUT2D eigenvalue weighted by atomic mass is 32.1. The highest BCUT2D eigenvalue weighted by Crippen LogP contribution is 2.12. The molecule has 13 heavy (non-hydrogen) atoms. The van der Waals surface area contributed by atoms with Crippen molar-refractivity contribution in [2.45, 2.75) is 12.8 Å². The summed E-state index contributed by atoms with van der Waals surface area (Å²) >= 11 is 1.31. The van der Waals surface area contributed by atoms with Gasteiger partial charge in [-0.05, 0) is 37.1 Å². The van der Waals surface area contributed by atoms with Crippen molar-refractivity contribution >= 4 is 16.7 Å². The normalized spacial score (nSPS) is 22.0. The molecule has 1 aromatic heterocycles. The molecule has 1 aliphatic rings. The van der Waals surface area contributed by atoms with E-state index in [-0.39, 0.29) is 0 Å². The van der Waals surface area contributed by atoms with Crippen molar-refractivity contribution in [3.05, 3.63) is 0 Å².